The van der Waals surface area contributed by atoms with Crippen molar-refractivity contribution in [3.05, 3.63) is 80.7 Å². The summed E-state index contributed by atoms with van der Waals surface area (Å²) in [7, 11) is 0. The Morgan fingerprint density at radius 1 is 1.22 bits per heavy atom. The minimum Gasteiger partial charge on any atom is -0.345 e. The van der Waals surface area contributed by atoms with Gasteiger partial charge in [-0.05, 0) is 49.1 Å². The normalized spacial score (nSPS) is 18.9. The topological polar surface area (TPSA) is 77.9 Å². The van der Waals surface area contributed by atoms with Crippen LogP contribution in [-0.2, 0) is 6.42 Å². The van der Waals surface area contributed by atoms with Gasteiger partial charge in [0.1, 0.15) is 0 Å². The zero-order chi connectivity index (χ0) is 16.4. The van der Waals surface area contributed by atoms with Crippen molar-refractivity contribution in [3.63, 3.8) is 0 Å². The van der Waals surface area contributed by atoms with E-state index in [1.54, 1.807) is 0 Å². The van der Waals surface area contributed by atoms with E-state index in [0.717, 1.165) is 22.3 Å². The number of nitrogens with zero attached hydrogens (tertiary/aromatic N) is 3. The molecule has 0 radical (unpaired) electrons. The Morgan fingerprint density at radius 2 is 1.91 bits per heavy atom. The van der Waals surface area contributed by atoms with Crippen molar-refractivity contribution in [2.75, 3.05) is 0 Å². The molecule has 5 nitrogen and oxygen atoms in total. The van der Waals surface area contributed by atoms with E-state index in [1.807, 2.05) is 56.3 Å². The Bertz CT molecular complexity index is 788. The molecule has 116 valence electrons. The van der Waals surface area contributed by atoms with Gasteiger partial charge in [-0.1, -0.05) is 46.6 Å². The molecule has 3 rings (SSSR count). The summed E-state index contributed by atoms with van der Waals surface area (Å²) in [6.07, 6.45) is 0.651. The van der Waals surface area contributed by atoms with Crippen LogP contribution < -0.4 is 5.32 Å². The largest absolute Gasteiger partial charge is 0.345 e. The average Bonchev–Trinajstić information content (AvgIpc) is 2.84. The predicted octanol–water partition coefficient (Wildman–Crippen LogP) is 4.01. The predicted molar refractivity (Wildman–Crippen MR) is 89.2 cm³/mol. The molecule has 0 saturated heterocycles. The van der Waals surface area contributed by atoms with Gasteiger partial charge in [0.2, 0.25) is 0 Å². The zero-order valence-electron chi connectivity index (χ0n) is 13.2. The van der Waals surface area contributed by atoms with Gasteiger partial charge < -0.3 is 5.32 Å². The molecule has 0 unspecified atom stereocenters. The molecule has 1 aliphatic rings. The maximum Gasteiger partial charge on any atom is 0.251 e. The number of carbonyl (C=O) groups is 1. The van der Waals surface area contributed by atoms with Gasteiger partial charge in [0.05, 0.1) is 12.1 Å². The van der Waals surface area contributed by atoms with E-state index >= 15 is 0 Å². The van der Waals surface area contributed by atoms with Crippen LogP contribution in [0.4, 0.5) is 0 Å². The van der Waals surface area contributed by atoms with E-state index in [4.69, 9.17) is 5.53 Å². The summed E-state index contributed by atoms with van der Waals surface area (Å²) in [5.41, 5.74) is 13.7. The number of rotatable bonds is 3. The van der Waals surface area contributed by atoms with Crippen LogP contribution >= 0.6 is 0 Å². The summed E-state index contributed by atoms with van der Waals surface area (Å²) < 4.78 is 0. The highest BCUT2D eigenvalue weighted by molar-refractivity contribution is 5.95. The van der Waals surface area contributed by atoms with Crippen molar-refractivity contribution in [2.24, 2.45) is 5.11 Å². The summed E-state index contributed by atoms with van der Waals surface area (Å²) >= 11 is 0. The van der Waals surface area contributed by atoms with Crippen LogP contribution in [-0.4, -0.2) is 11.9 Å². The molecule has 1 aliphatic carbocycles. The van der Waals surface area contributed by atoms with Gasteiger partial charge in [0, 0.05) is 10.5 Å². The minimum absolute atomic E-state index is 0.142. The van der Waals surface area contributed by atoms with Crippen LogP contribution in [0.25, 0.3) is 10.4 Å². The average molecular weight is 306 g/mol. The van der Waals surface area contributed by atoms with E-state index in [-0.39, 0.29) is 18.0 Å². The second-order valence-corrected chi connectivity index (χ2v) is 6.00. The Labute approximate surface area is 135 Å². The lowest BCUT2D eigenvalue weighted by molar-refractivity contribution is 0.0933. The first-order valence-electron chi connectivity index (χ1n) is 7.59. The lowest BCUT2D eigenvalue weighted by Gasteiger charge is -2.19. The molecule has 0 heterocycles. The quantitative estimate of drug-likeness (QED) is 0.519. The third-order valence-electron chi connectivity index (χ3n) is 4.17. The molecule has 5 heteroatoms. The van der Waals surface area contributed by atoms with Crippen LogP contribution in [0, 0.1) is 13.8 Å². The zero-order valence-corrected chi connectivity index (χ0v) is 13.2. The molecular formula is C18H18N4O. The first-order valence-corrected chi connectivity index (χ1v) is 7.59. The minimum atomic E-state index is -0.285. The second kappa shape index (κ2) is 6.15. The Balaban J connectivity index is 1.90. The molecule has 0 aromatic heterocycles. The summed E-state index contributed by atoms with van der Waals surface area (Å²) in [5, 5.41) is 6.90. The van der Waals surface area contributed by atoms with Crippen LogP contribution in [0.2, 0.25) is 0 Å². The lowest BCUT2D eigenvalue weighted by Crippen LogP contribution is -2.33. The number of carbonyl (C=O) groups excluding carboxylic acids is 1. The fraction of sp³-hybridized carbons (Fsp3) is 0.278. The molecule has 1 amide bonds. The van der Waals surface area contributed by atoms with Crippen LogP contribution in [0.15, 0.2) is 47.6 Å². The standard InChI is InChI=1S/C18H18N4O/c1-11-7-12(2)9-14(8-11)18(23)20-17-15-6-4-3-5-13(15)10-16(17)21-22-19/h3-9,16-17H,10H2,1-2H3,(H,20,23)/t16-,17-/m1/s1. The third kappa shape index (κ3) is 3.05. The highest BCUT2D eigenvalue weighted by atomic mass is 16.1. The summed E-state index contributed by atoms with van der Waals surface area (Å²) in [6, 6.07) is 13.1. The van der Waals surface area contributed by atoms with Crippen molar-refractivity contribution in [2.45, 2.75) is 32.4 Å². The van der Waals surface area contributed by atoms with E-state index in [0.29, 0.717) is 12.0 Å². The van der Waals surface area contributed by atoms with Crippen molar-refractivity contribution in [1.82, 2.24) is 5.32 Å². The van der Waals surface area contributed by atoms with Gasteiger partial charge in [0.15, 0.2) is 0 Å². The maximum absolute atomic E-state index is 12.6. The molecule has 0 bridgehead atoms. The van der Waals surface area contributed by atoms with Gasteiger partial charge in [-0.25, -0.2) is 0 Å². The molecular weight excluding hydrogens is 288 g/mol. The van der Waals surface area contributed by atoms with Gasteiger partial charge in [0.25, 0.3) is 5.91 Å². The van der Waals surface area contributed by atoms with Crippen LogP contribution in [0.3, 0.4) is 0 Å². The fourth-order valence-electron chi connectivity index (χ4n) is 3.25. The number of fused-ring (bicyclic) bond motifs is 1. The van der Waals surface area contributed by atoms with Crippen molar-refractivity contribution in [3.8, 4) is 0 Å². The molecule has 0 fully saturated rings. The summed E-state index contributed by atoms with van der Waals surface area (Å²) in [5.74, 6) is -0.142. The first-order chi connectivity index (χ1) is 11.1. The molecule has 2 aromatic rings. The molecule has 2 aromatic carbocycles. The van der Waals surface area contributed by atoms with E-state index in [9.17, 15) is 4.79 Å². The molecule has 0 saturated carbocycles. The molecule has 2 atom stereocenters. The number of hydrogen-bond acceptors (Lipinski definition) is 2. The van der Waals surface area contributed by atoms with E-state index in [1.165, 1.54) is 0 Å². The van der Waals surface area contributed by atoms with Gasteiger partial charge in [-0.2, -0.15) is 0 Å². The highest BCUT2D eigenvalue weighted by Gasteiger charge is 2.32. The van der Waals surface area contributed by atoms with Crippen LogP contribution in [0.1, 0.15) is 38.7 Å². The third-order valence-corrected chi connectivity index (χ3v) is 4.17. The lowest BCUT2D eigenvalue weighted by atomic mass is 10.0. The van der Waals surface area contributed by atoms with Gasteiger partial charge in [-0.15, -0.1) is 0 Å². The van der Waals surface area contributed by atoms with Gasteiger partial charge in [-0.3, -0.25) is 4.79 Å². The van der Waals surface area contributed by atoms with Crippen molar-refractivity contribution in [1.29, 1.82) is 0 Å². The molecule has 0 aliphatic heterocycles. The van der Waals surface area contributed by atoms with Crippen molar-refractivity contribution >= 4 is 5.91 Å². The molecule has 23 heavy (non-hydrogen) atoms. The van der Waals surface area contributed by atoms with Gasteiger partial charge >= 0.3 is 0 Å². The molecule has 1 N–H and O–H groups in total. The Hall–Kier alpha value is -2.78. The Kier molecular flexibility index (Phi) is 4.04. The van der Waals surface area contributed by atoms with E-state index in [2.05, 4.69) is 15.3 Å². The number of hydrogen-bond donors (Lipinski definition) is 1. The maximum atomic E-state index is 12.6. The SMILES string of the molecule is Cc1cc(C)cc(C(=O)N[C@@H]2c3ccccc3C[C@H]2N=[N+]=[N-])c1. The second-order valence-electron chi connectivity index (χ2n) is 6.00. The molecule has 0 spiro atoms. The fourth-order valence-corrected chi connectivity index (χ4v) is 3.25. The summed E-state index contributed by atoms with van der Waals surface area (Å²) in [6.45, 7) is 3.94. The van der Waals surface area contributed by atoms with E-state index < -0.39 is 0 Å². The Morgan fingerprint density at radius 3 is 2.61 bits per heavy atom. The number of nitrogens with one attached hydrogen (secondary N) is 1. The number of amides is 1. The highest BCUT2D eigenvalue weighted by Crippen LogP contribution is 2.33. The number of aryl methyl sites for hydroxylation is 2. The summed E-state index contributed by atoms with van der Waals surface area (Å²) in [4.78, 5) is 15.6. The smallest absolute Gasteiger partial charge is 0.251 e. The first kappa shape index (κ1) is 15.1. The van der Waals surface area contributed by atoms with Crippen LogP contribution in [0.5, 0.6) is 0 Å². The van der Waals surface area contributed by atoms with Crippen molar-refractivity contribution < 1.29 is 4.79 Å². The number of benzene rings is 2. The monoisotopic (exact) mass is 306 g/mol. The number of azide groups is 1.